The van der Waals surface area contributed by atoms with Crippen LogP contribution in [0.1, 0.15) is 278 Å². The molecule has 336 valence electrons. The molecule has 0 aliphatic heterocycles. The smallest absolute Gasteiger partial charge is 0.222 e. The van der Waals surface area contributed by atoms with Gasteiger partial charge in [-0.25, -0.2) is 0 Å². The van der Waals surface area contributed by atoms with Crippen molar-refractivity contribution in [2.75, 3.05) is 26.2 Å². The van der Waals surface area contributed by atoms with E-state index in [2.05, 4.69) is 30.6 Å². The molecule has 0 fully saturated rings. The van der Waals surface area contributed by atoms with Crippen molar-refractivity contribution in [2.24, 2.45) is 0 Å². The van der Waals surface area contributed by atoms with E-state index in [1.807, 2.05) is 11.8 Å². The Kier molecular flexibility index (Phi) is 45.7. The second-order valence-corrected chi connectivity index (χ2v) is 17.8. The predicted molar refractivity (Wildman–Crippen MR) is 249 cm³/mol. The Bertz CT molecular complexity index is 874. The number of nitriles is 1. The molecule has 57 heavy (non-hydrogen) atoms. The van der Waals surface area contributed by atoms with Gasteiger partial charge in [-0.1, -0.05) is 245 Å². The summed E-state index contributed by atoms with van der Waals surface area (Å²) >= 11 is 0. The van der Waals surface area contributed by atoms with Crippen LogP contribution >= 0.6 is 0 Å². The molecule has 1 unspecified atom stereocenters. The normalized spacial score (nSPS) is 11.8. The number of hydrogen-bond acceptors (Lipinski definition) is 4. The molecule has 0 radical (unpaired) electrons. The van der Waals surface area contributed by atoms with Gasteiger partial charge >= 0.3 is 0 Å². The van der Waals surface area contributed by atoms with Crippen LogP contribution in [0.3, 0.4) is 0 Å². The van der Waals surface area contributed by atoms with Crippen LogP contribution in [0.25, 0.3) is 0 Å². The number of carbonyl (C=O) groups excluding carboxylic acids is 2. The van der Waals surface area contributed by atoms with Gasteiger partial charge in [0.2, 0.25) is 11.8 Å². The molecule has 0 saturated heterocycles. The van der Waals surface area contributed by atoms with Gasteiger partial charge in [-0.15, -0.1) is 0 Å². The summed E-state index contributed by atoms with van der Waals surface area (Å²) in [4.78, 5) is 27.5. The predicted octanol–water partition coefficient (Wildman–Crippen LogP) is 15.1. The monoisotopic (exact) mass is 801 g/mol. The fourth-order valence-corrected chi connectivity index (χ4v) is 8.12. The van der Waals surface area contributed by atoms with E-state index in [0.29, 0.717) is 39.0 Å². The first-order chi connectivity index (χ1) is 28.0. The second-order valence-electron chi connectivity index (χ2n) is 17.8. The zero-order chi connectivity index (χ0) is 41.5. The number of rotatable bonds is 47. The molecule has 0 aromatic heterocycles. The van der Waals surface area contributed by atoms with E-state index in [9.17, 15) is 9.59 Å². The van der Waals surface area contributed by atoms with Crippen molar-refractivity contribution >= 4 is 11.8 Å². The van der Waals surface area contributed by atoms with Crippen LogP contribution in [0.2, 0.25) is 0 Å². The Morgan fingerprint density at radius 3 is 1.04 bits per heavy atom. The first-order valence-corrected chi connectivity index (χ1v) is 25.7. The van der Waals surface area contributed by atoms with E-state index >= 15 is 0 Å². The molecule has 0 rings (SSSR count). The Labute approximate surface area is 357 Å². The molecule has 0 bridgehead atoms. The van der Waals surface area contributed by atoms with Crippen molar-refractivity contribution in [1.82, 2.24) is 15.5 Å². The van der Waals surface area contributed by atoms with Gasteiger partial charge in [0.1, 0.15) is 0 Å². The molecule has 0 aromatic carbocycles. The zero-order valence-electron chi connectivity index (χ0n) is 38.9. The Morgan fingerprint density at radius 1 is 0.439 bits per heavy atom. The summed E-state index contributed by atoms with van der Waals surface area (Å²) in [6.45, 7) is 8.61. The maximum atomic E-state index is 13.1. The molecule has 0 saturated carbocycles. The van der Waals surface area contributed by atoms with Gasteiger partial charge in [0.25, 0.3) is 0 Å². The molecule has 6 nitrogen and oxygen atoms in total. The van der Waals surface area contributed by atoms with Crippen LogP contribution < -0.4 is 10.6 Å². The van der Waals surface area contributed by atoms with Crippen LogP contribution in [0.15, 0.2) is 0 Å². The highest BCUT2D eigenvalue weighted by Crippen LogP contribution is 2.17. The summed E-state index contributed by atoms with van der Waals surface area (Å²) < 4.78 is 0. The fourth-order valence-electron chi connectivity index (χ4n) is 8.12. The van der Waals surface area contributed by atoms with Gasteiger partial charge in [-0.2, -0.15) is 5.26 Å². The minimum Gasteiger partial charge on any atom is -0.354 e. The van der Waals surface area contributed by atoms with E-state index < -0.39 is 0 Å². The van der Waals surface area contributed by atoms with E-state index in [-0.39, 0.29) is 17.9 Å². The highest BCUT2D eigenvalue weighted by atomic mass is 16.2. The van der Waals surface area contributed by atoms with Gasteiger partial charge in [-0.3, -0.25) is 9.59 Å². The first-order valence-electron chi connectivity index (χ1n) is 25.7. The molecule has 1 atom stereocenters. The fraction of sp³-hybridized carbons (Fsp3) is 0.941. The Morgan fingerprint density at radius 2 is 0.719 bits per heavy atom. The summed E-state index contributed by atoms with van der Waals surface area (Å²) in [5.74, 6) is 0.269. The Hall–Kier alpha value is -1.61. The zero-order valence-corrected chi connectivity index (χ0v) is 38.9. The molecule has 2 N–H and O–H groups in total. The van der Waals surface area contributed by atoms with Gasteiger partial charge in [0, 0.05) is 39.0 Å². The molecule has 2 amide bonds. The van der Waals surface area contributed by atoms with Crippen LogP contribution in [0.4, 0.5) is 0 Å². The van der Waals surface area contributed by atoms with Crippen LogP contribution in [0.5, 0.6) is 0 Å². The van der Waals surface area contributed by atoms with Gasteiger partial charge in [-0.05, 0) is 19.8 Å². The number of hydrogen-bond donors (Lipinski definition) is 2. The first kappa shape index (κ1) is 55.4. The minimum atomic E-state index is -0.236. The molecule has 0 aliphatic rings. The second kappa shape index (κ2) is 47.1. The quantitative estimate of drug-likeness (QED) is 0.0600. The number of amides is 2. The summed E-state index contributed by atoms with van der Waals surface area (Å²) in [6.07, 6.45) is 52.4. The third kappa shape index (κ3) is 43.8. The molecular formula is C51H100N4O2. The molecule has 0 spiro atoms. The summed E-state index contributed by atoms with van der Waals surface area (Å²) in [5.41, 5.74) is 0. The van der Waals surface area contributed by atoms with Crippen molar-refractivity contribution in [3.8, 4) is 6.07 Å². The summed E-state index contributed by atoms with van der Waals surface area (Å²) in [7, 11) is 0. The van der Waals surface area contributed by atoms with E-state index in [0.717, 1.165) is 25.7 Å². The van der Waals surface area contributed by atoms with Crippen LogP contribution in [0, 0.1) is 11.3 Å². The SMILES string of the molecule is CCCCCCCCCCCCCCCCCCCCCC(=O)NCCN(CCNC(C)C#N)C(=O)CCCCCCCCCCCCCCCCCCCCC. The van der Waals surface area contributed by atoms with E-state index in [1.165, 1.54) is 218 Å². The topological polar surface area (TPSA) is 85.2 Å². The molecule has 0 aromatic rings. The van der Waals surface area contributed by atoms with E-state index in [4.69, 9.17) is 5.26 Å². The van der Waals surface area contributed by atoms with Gasteiger partial charge in [0.05, 0.1) is 12.1 Å². The molecule has 6 heteroatoms. The molecular weight excluding hydrogens is 701 g/mol. The number of nitrogens with zero attached hydrogens (tertiary/aromatic N) is 2. The lowest BCUT2D eigenvalue weighted by Gasteiger charge is -2.23. The number of nitrogens with one attached hydrogen (secondary N) is 2. The van der Waals surface area contributed by atoms with Crippen molar-refractivity contribution in [3.63, 3.8) is 0 Å². The lowest BCUT2D eigenvalue weighted by molar-refractivity contribution is -0.131. The van der Waals surface area contributed by atoms with E-state index in [1.54, 1.807) is 0 Å². The summed E-state index contributed by atoms with van der Waals surface area (Å²) in [5, 5.41) is 15.4. The molecule has 0 heterocycles. The number of carbonyl (C=O) groups is 2. The van der Waals surface area contributed by atoms with Crippen molar-refractivity contribution < 1.29 is 9.59 Å². The van der Waals surface area contributed by atoms with Crippen molar-refractivity contribution in [2.45, 2.75) is 284 Å². The average Bonchev–Trinajstić information content (AvgIpc) is 3.21. The third-order valence-corrected chi connectivity index (χ3v) is 12.1. The average molecular weight is 801 g/mol. The number of unbranched alkanes of at least 4 members (excludes halogenated alkanes) is 36. The summed E-state index contributed by atoms with van der Waals surface area (Å²) in [6, 6.07) is 1.97. The van der Waals surface area contributed by atoms with Crippen molar-refractivity contribution in [1.29, 1.82) is 5.26 Å². The highest BCUT2D eigenvalue weighted by Gasteiger charge is 2.14. The van der Waals surface area contributed by atoms with Gasteiger partial charge in [0.15, 0.2) is 0 Å². The minimum absolute atomic E-state index is 0.101. The molecule has 0 aliphatic carbocycles. The maximum absolute atomic E-state index is 13.1. The third-order valence-electron chi connectivity index (χ3n) is 12.1. The highest BCUT2D eigenvalue weighted by molar-refractivity contribution is 5.77. The van der Waals surface area contributed by atoms with Crippen LogP contribution in [-0.4, -0.2) is 48.9 Å². The Balaban J connectivity index is 3.83. The lowest BCUT2D eigenvalue weighted by atomic mass is 10.0. The lowest BCUT2D eigenvalue weighted by Crippen LogP contribution is -2.42. The standard InChI is InChI=1S/C51H100N4O2/c1-4-6-8-10-12-14-16-18-20-22-24-26-28-30-32-34-36-38-40-42-50(56)54-45-47-55(46-44-53-49(3)48-52)51(57)43-41-39-37-35-33-31-29-27-25-23-21-19-17-15-13-11-9-7-5-2/h49,53H,4-47H2,1-3H3,(H,54,56). The maximum Gasteiger partial charge on any atom is 0.222 e. The van der Waals surface area contributed by atoms with Crippen LogP contribution in [-0.2, 0) is 9.59 Å². The van der Waals surface area contributed by atoms with Crippen molar-refractivity contribution in [3.05, 3.63) is 0 Å². The largest absolute Gasteiger partial charge is 0.354 e. The van der Waals surface area contributed by atoms with Gasteiger partial charge < -0.3 is 15.5 Å².